The summed E-state index contributed by atoms with van der Waals surface area (Å²) in [7, 11) is 1.87. The van der Waals surface area contributed by atoms with Gasteiger partial charge in [0, 0.05) is 26.2 Å². The van der Waals surface area contributed by atoms with Crippen LogP contribution in [0.25, 0.3) is 0 Å². The smallest absolute Gasteiger partial charge is 0.341 e. The lowest BCUT2D eigenvalue weighted by atomic mass is 10.2. The number of rotatable bonds is 6. The van der Waals surface area contributed by atoms with E-state index in [0.29, 0.717) is 30.2 Å². The molecule has 0 aliphatic heterocycles. The first-order valence-corrected chi connectivity index (χ1v) is 6.75. The summed E-state index contributed by atoms with van der Waals surface area (Å²) < 4.78 is 6.75. The maximum atomic E-state index is 11.9. The number of anilines is 2. The van der Waals surface area contributed by atoms with Crippen molar-refractivity contribution < 1.29 is 9.53 Å². The van der Waals surface area contributed by atoms with Crippen LogP contribution in [0.5, 0.6) is 0 Å². The normalized spacial score (nSPS) is 10.4. The molecule has 0 aliphatic carbocycles. The summed E-state index contributed by atoms with van der Waals surface area (Å²) in [6.07, 6.45) is 4.13. The van der Waals surface area contributed by atoms with Gasteiger partial charge in [0.2, 0.25) is 0 Å². The lowest BCUT2D eigenvalue weighted by Crippen LogP contribution is -2.14. The molecule has 2 aromatic rings. The number of hydrogen-bond acceptors (Lipinski definition) is 6. The maximum absolute atomic E-state index is 11.9. The van der Waals surface area contributed by atoms with Gasteiger partial charge in [-0.05, 0) is 19.1 Å². The molecule has 0 bridgehead atoms. The molecule has 3 N–H and O–H groups in total. The second-order valence-electron chi connectivity index (χ2n) is 4.54. The van der Waals surface area contributed by atoms with E-state index in [1.54, 1.807) is 17.7 Å². The zero-order valence-electron chi connectivity index (χ0n) is 12.2. The van der Waals surface area contributed by atoms with Crippen LogP contribution in [0.3, 0.4) is 0 Å². The minimum absolute atomic E-state index is 0.307. The molecule has 0 unspecified atom stereocenters. The van der Waals surface area contributed by atoms with E-state index < -0.39 is 5.97 Å². The fourth-order valence-electron chi connectivity index (χ4n) is 1.89. The molecular formula is C14H19N5O2. The zero-order valence-corrected chi connectivity index (χ0v) is 12.2. The van der Waals surface area contributed by atoms with Crippen molar-refractivity contribution >= 4 is 17.5 Å². The van der Waals surface area contributed by atoms with E-state index in [9.17, 15) is 4.79 Å². The third kappa shape index (κ3) is 3.95. The number of carbonyl (C=O) groups is 1. The van der Waals surface area contributed by atoms with Gasteiger partial charge in [0.1, 0.15) is 11.4 Å². The van der Waals surface area contributed by atoms with Crippen LogP contribution in [0.15, 0.2) is 24.5 Å². The number of aromatic nitrogens is 3. The van der Waals surface area contributed by atoms with Crippen LogP contribution in [0.1, 0.15) is 23.0 Å². The molecule has 0 radical (unpaired) electrons. The number of esters is 1. The quantitative estimate of drug-likeness (QED) is 0.777. The Morgan fingerprint density at radius 3 is 3.00 bits per heavy atom. The van der Waals surface area contributed by atoms with E-state index in [1.807, 2.05) is 19.3 Å². The van der Waals surface area contributed by atoms with Crippen LogP contribution in [-0.2, 0) is 18.2 Å². The molecule has 7 nitrogen and oxygen atoms in total. The number of nitrogens with two attached hydrogens (primary N) is 1. The van der Waals surface area contributed by atoms with E-state index >= 15 is 0 Å². The highest BCUT2D eigenvalue weighted by Gasteiger charge is 2.14. The summed E-state index contributed by atoms with van der Waals surface area (Å²) in [6.45, 7) is 2.67. The van der Waals surface area contributed by atoms with Crippen molar-refractivity contribution in [1.29, 1.82) is 0 Å². The van der Waals surface area contributed by atoms with Crippen molar-refractivity contribution in [3.63, 3.8) is 0 Å². The summed E-state index contributed by atoms with van der Waals surface area (Å²) in [6, 6.07) is 3.51. The monoisotopic (exact) mass is 289 g/mol. The maximum Gasteiger partial charge on any atom is 0.341 e. The molecule has 2 heterocycles. The number of pyridine rings is 1. The molecule has 0 aromatic carbocycles. The summed E-state index contributed by atoms with van der Waals surface area (Å²) in [5, 5.41) is 7.41. The second-order valence-corrected chi connectivity index (χ2v) is 4.54. The van der Waals surface area contributed by atoms with Gasteiger partial charge >= 0.3 is 5.97 Å². The average molecular weight is 289 g/mol. The van der Waals surface area contributed by atoms with Crippen LogP contribution >= 0.6 is 0 Å². The summed E-state index contributed by atoms with van der Waals surface area (Å²) in [5.74, 6) is 0.0382. The van der Waals surface area contributed by atoms with E-state index in [2.05, 4.69) is 15.4 Å². The molecule has 21 heavy (non-hydrogen) atoms. The van der Waals surface area contributed by atoms with Crippen molar-refractivity contribution in [2.24, 2.45) is 7.05 Å². The molecular weight excluding hydrogens is 270 g/mol. The van der Waals surface area contributed by atoms with E-state index in [4.69, 9.17) is 10.5 Å². The highest BCUT2D eigenvalue weighted by Crippen LogP contribution is 2.16. The third-order valence-corrected chi connectivity index (χ3v) is 2.85. The molecule has 2 aromatic heterocycles. The Balaban J connectivity index is 2.03. The number of nitrogen functional groups attached to an aromatic ring is 1. The highest BCUT2D eigenvalue weighted by atomic mass is 16.5. The molecule has 7 heteroatoms. The van der Waals surface area contributed by atoms with E-state index in [1.165, 1.54) is 6.20 Å². The van der Waals surface area contributed by atoms with Crippen molar-refractivity contribution in [2.75, 3.05) is 24.2 Å². The number of aryl methyl sites for hydroxylation is 1. The van der Waals surface area contributed by atoms with Crippen LogP contribution < -0.4 is 11.1 Å². The Morgan fingerprint density at radius 1 is 1.52 bits per heavy atom. The Morgan fingerprint density at radius 2 is 2.33 bits per heavy atom. The summed E-state index contributed by atoms with van der Waals surface area (Å²) >= 11 is 0. The Hall–Kier alpha value is -2.57. The first-order chi connectivity index (χ1) is 10.1. The van der Waals surface area contributed by atoms with Crippen molar-refractivity contribution in [3.8, 4) is 0 Å². The van der Waals surface area contributed by atoms with E-state index in [-0.39, 0.29) is 0 Å². The average Bonchev–Trinajstić information content (AvgIpc) is 2.86. The minimum Gasteiger partial charge on any atom is -0.462 e. The van der Waals surface area contributed by atoms with Crippen LogP contribution in [0, 0.1) is 0 Å². The number of ether oxygens (including phenoxy) is 1. The molecule has 0 spiro atoms. The van der Waals surface area contributed by atoms with Gasteiger partial charge < -0.3 is 15.8 Å². The Kier molecular flexibility index (Phi) is 4.76. The highest BCUT2D eigenvalue weighted by molar-refractivity contribution is 5.95. The third-order valence-electron chi connectivity index (χ3n) is 2.85. The molecule has 0 fully saturated rings. The van der Waals surface area contributed by atoms with Crippen molar-refractivity contribution in [2.45, 2.75) is 13.3 Å². The summed E-state index contributed by atoms with van der Waals surface area (Å²) in [4.78, 5) is 16.0. The van der Waals surface area contributed by atoms with Gasteiger partial charge in [-0.3, -0.25) is 4.68 Å². The topological polar surface area (TPSA) is 95.1 Å². The fourth-order valence-corrected chi connectivity index (χ4v) is 1.89. The first kappa shape index (κ1) is 14.8. The van der Waals surface area contributed by atoms with Crippen LogP contribution in [0.2, 0.25) is 0 Å². The lowest BCUT2D eigenvalue weighted by Gasteiger charge is -2.10. The van der Waals surface area contributed by atoms with Crippen LogP contribution in [0.4, 0.5) is 11.5 Å². The number of nitrogens with one attached hydrogen (secondary N) is 1. The molecule has 2 rings (SSSR count). The van der Waals surface area contributed by atoms with Gasteiger partial charge in [-0.1, -0.05) is 0 Å². The Labute approximate surface area is 123 Å². The van der Waals surface area contributed by atoms with Crippen molar-refractivity contribution in [3.05, 3.63) is 35.8 Å². The number of hydrogen-bond donors (Lipinski definition) is 2. The SMILES string of the molecule is CCOC(=O)c1cc(N)cnc1NCCc1ccn(C)n1. The van der Waals surface area contributed by atoms with Gasteiger partial charge in [-0.25, -0.2) is 9.78 Å². The first-order valence-electron chi connectivity index (χ1n) is 6.75. The van der Waals surface area contributed by atoms with Gasteiger partial charge in [0.25, 0.3) is 0 Å². The number of carbonyl (C=O) groups excluding carboxylic acids is 1. The van der Waals surface area contributed by atoms with E-state index in [0.717, 1.165) is 12.1 Å². The van der Waals surface area contributed by atoms with Gasteiger partial charge in [-0.2, -0.15) is 5.10 Å². The van der Waals surface area contributed by atoms with Crippen molar-refractivity contribution in [1.82, 2.24) is 14.8 Å². The van der Waals surface area contributed by atoms with Gasteiger partial charge in [-0.15, -0.1) is 0 Å². The molecule has 0 atom stereocenters. The molecule has 0 saturated carbocycles. The molecule has 0 amide bonds. The van der Waals surface area contributed by atoms with Gasteiger partial charge in [0.05, 0.1) is 24.2 Å². The van der Waals surface area contributed by atoms with Gasteiger partial charge in [0.15, 0.2) is 0 Å². The Bertz CT molecular complexity index is 624. The fraction of sp³-hybridized carbons (Fsp3) is 0.357. The largest absolute Gasteiger partial charge is 0.462 e. The predicted molar refractivity (Wildman–Crippen MR) is 80.0 cm³/mol. The number of nitrogens with zero attached hydrogens (tertiary/aromatic N) is 3. The van der Waals surface area contributed by atoms with Crippen LogP contribution in [-0.4, -0.2) is 33.9 Å². The molecule has 112 valence electrons. The lowest BCUT2D eigenvalue weighted by molar-refractivity contribution is 0.0527. The standard InChI is InChI=1S/C14H19N5O2/c1-3-21-14(20)12-8-10(15)9-17-13(12)16-6-4-11-5-7-19(2)18-11/h5,7-9H,3-4,6,15H2,1-2H3,(H,16,17). The second kappa shape index (κ2) is 6.74. The minimum atomic E-state index is -0.433. The zero-order chi connectivity index (χ0) is 15.2. The predicted octanol–water partition coefficient (Wildman–Crippen LogP) is 1.23. The molecule has 0 saturated heterocycles. The summed E-state index contributed by atoms with van der Waals surface area (Å²) in [5.41, 5.74) is 7.41. The molecule has 0 aliphatic rings.